The predicted octanol–water partition coefficient (Wildman–Crippen LogP) is 1.37. The topological polar surface area (TPSA) is 95.5 Å². The Kier molecular flexibility index (Phi) is 5.26. The highest BCUT2D eigenvalue weighted by Crippen LogP contribution is 2.22. The molecule has 0 radical (unpaired) electrons. The molecule has 0 aliphatic carbocycles. The molecule has 0 saturated carbocycles. The van der Waals surface area contributed by atoms with E-state index in [0.29, 0.717) is 12.8 Å². The fraction of sp³-hybridized carbons (Fsp3) is 0.500. The first-order valence-electron chi connectivity index (χ1n) is 8.09. The van der Waals surface area contributed by atoms with Crippen LogP contribution in [-0.2, 0) is 26.2 Å². The zero-order valence-corrected chi connectivity index (χ0v) is 14.3. The minimum Gasteiger partial charge on any atom is -0.480 e. The van der Waals surface area contributed by atoms with Crippen LogP contribution < -0.4 is 10.6 Å². The van der Waals surface area contributed by atoms with Crippen molar-refractivity contribution in [3.63, 3.8) is 0 Å². The van der Waals surface area contributed by atoms with Gasteiger partial charge in [-0.15, -0.1) is 0 Å². The number of carboxylic acid groups (broad SMARTS) is 1. The SMILES string of the molecule is CC(C)(C)c1ccc(C[C@H](NC(=O)[C@H]2CCC(=O)N2)C(=O)O)cc1. The van der Waals surface area contributed by atoms with E-state index < -0.39 is 24.0 Å². The van der Waals surface area contributed by atoms with Crippen LogP contribution in [0.3, 0.4) is 0 Å². The van der Waals surface area contributed by atoms with Gasteiger partial charge in [-0.3, -0.25) is 9.59 Å². The monoisotopic (exact) mass is 332 g/mol. The number of nitrogens with one attached hydrogen (secondary N) is 2. The first-order valence-corrected chi connectivity index (χ1v) is 8.09. The van der Waals surface area contributed by atoms with E-state index in [1.54, 1.807) is 0 Å². The molecule has 0 bridgehead atoms. The van der Waals surface area contributed by atoms with E-state index in [-0.39, 0.29) is 17.7 Å². The molecular weight excluding hydrogens is 308 g/mol. The molecule has 1 aliphatic heterocycles. The lowest BCUT2D eigenvalue weighted by Crippen LogP contribution is -2.49. The number of rotatable bonds is 5. The third kappa shape index (κ3) is 4.57. The summed E-state index contributed by atoms with van der Waals surface area (Å²) >= 11 is 0. The van der Waals surface area contributed by atoms with E-state index in [1.165, 1.54) is 0 Å². The number of hydrogen-bond donors (Lipinski definition) is 3. The summed E-state index contributed by atoms with van der Waals surface area (Å²) in [5, 5.41) is 14.4. The van der Waals surface area contributed by atoms with Gasteiger partial charge in [0.25, 0.3) is 0 Å². The van der Waals surface area contributed by atoms with Crippen molar-refractivity contribution in [2.75, 3.05) is 0 Å². The molecule has 2 rings (SSSR count). The molecule has 1 aromatic rings. The molecule has 130 valence electrons. The second-order valence-electron chi connectivity index (χ2n) is 7.21. The quantitative estimate of drug-likeness (QED) is 0.759. The van der Waals surface area contributed by atoms with Gasteiger partial charge >= 0.3 is 5.97 Å². The standard InChI is InChI=1S/C18H24N2O4/c1-18(2,3)12-6-4-11(5-7-12)10-14(17(23)24)20-16(22)13-8-9-15(21)19-13/h4-7,13-14H,8-10H2,1-3H3,(H,19,21)(H,20,22)(H,23,24)/t13-,14+/m1/s1. The van der Waals surface area contributed by atoms with Crippen LogP contribution in [-0.4, -0.2) is 35.0 Å². The lowest BCUT2D eigenvalue weighted by atomic mass is 9.86. The number of amides is 2. The lowest BCUT2D eigenvalue weighted by Gasteiger charge is -2.20. The zero-order chi connectivity index (χ0) is 17.9. The largest absolute Gasteiger partial charge is 0.480 e. The molecule has 3 N–H and O–H groups in total. The Labute approximate surface area is 141 Å². The van der Waals surface area contributed by atoms with Crippen LogP contribution in [0.5, 0.6) is 0 Å². The molecule has 6 nitrogen and oxygen atoms in total. The average Bonchev–Trinajstić information content (AvgIpc) is 2.92. The van der Waals surface area contributed by atoms with Crippen LogP contribution in [0.15, 0.2) is 24.3 Å². The molecular formula is C18H24N2O4. The van der Waals surface area contributed by atoms with Crippen LogP contribution >= 0.6 is 0 Å². The summed E-state index contributed by atoms with van der Waals surface area (Å²) in [5.41, 5.74) is 2.03. The number of hydrogen-bond acceptors (Lipinski definition) is 3. The van der Waals surface area contributed by atoms with Crippen LogP contribution in [0, 0.1) is 0 Å². The maximum atomic E-state index is 12.1. The van der Waals surface area contributed by atoms with Crippen molar-refractivity contribution in [2.45, 2.75) is 57.5 Å². The highest BCUT2D eigenvalue weighted by molar-refractivity contribution is 5.92. The van der Waals surface area contributed by atoms with Crippen LogP contribution in [0.2, 0.25) is 0 Å². The van der Waals surface area contributed by atoms with E-state index in [2.05, 4.69) is 31.4 Å². The molecule has 24 heavy (non-hydrogen) atoms. The molecule has 0 unspecified atom stereocenters. The Balaban J connectivity index is 2.02. The van der Waals surface area contributed by atoms with Gasteiger partial charge in [0, 0.05) is 12.8 Å². The number of carbonyl (C=O) groups is 3. The van der Waals surface area contributed by atoms with Gasteiger partial charge in [-0.1, -0.05) is 45.0 Å². The Morgan fingerprint density at radius 2 is 1.92 bits per heavy atom. The van der Waals surface area contributed by atoms with Crippen LogP contribution in [0.1, 0.15) is 44.7 Å². The molecule has 1 fully saturated rings. The molecule has 1 aliphatic rings. The van der Waals surface area contributed by atoms with Crippen molar-refractivity contribution in [1.82, 2.24) is 10.6 Å². The first kappa shape index (κ1) is 18.0. The number of carbonyl (C=O) groups excluding carboxylic acids is 2. The van der Waals surface area contributed by atoms with Crippen molar-refractivity contribution in [3.05, 3.63) is 35.4 Å². The Morgan fingerprint density at radius 1 is 1.29 bits per heavy atom. The van der Waals surface area contributed by atoms with Crippen LogP contribution in [0.4, 0.5) is 0 Å². The Hall–Kier alpha value is -2.37. The summed E-state index contributed by atoms with van der Waals surface area (Å²) in [7, 11) is 0. The highest BCUT2D eigenvalue weighted by Gasteiger charge is 2.30. The molecule has 2 atom stereocenters. The van der Waals surface area contributed by atoms with E-state index >= 15 is 0 Å². The Bertz CT molecular complexity index is 631. The number of benzene rings is 1. The maximum Gasteiger partial charge on any atom is 0.326 e. The molecule has 1 saturated heterocycles. The summed E-state index contributed by atoms with van der Waals surface area (Å²) in [5.74, 6) is -1.72. The van der Waals surface area contributed by atoms with Crippen molar-refractivity contribution in [3.8, 4) is 0 Å². The number of carboxylic acids is 1. The Morgan fingerprint density at radius 3 is 2.38 bits per heavy atom. The van der Waals surface area contributed by atoms with Crippen molar-refractivity contribution >= 4 is 17.8 Å². The summed E-state index contributed by atoms with van der Waals surface area (Å²) in [6, 6.07) is 6.08. The number of aliphatic carboxylic acids is 1. The van der Waals surface area contributed by atoms with Gasteiger partial charge in [0.1, 0.15) is 12.1 Å². The highest BCUT2D eigenvalue weighted by atomic mass is 16.4. The van der Waals surface area contributed by atoms with Crippen molar-refractivity contribution in [1.29, 1.82) is 0 Å². The normalized spacial score (nSPS) is 18.8. The fourth-order valence-electron chi connectivity index (χ4n) is 2.66. The summed E-state index contributed by atoms with van der Waals surface area (Å²) in [4.78, 5) is 34.7. The zero-order valence-electron chi connectivity index (χ0n) is 14.3. The average molecular weight is 332 g/mol. The minimum absolute atomic E-state index is 0.0274. The predicted molar refractivity (Wildman–Crippen MR) is 89.6 cm³/mol. The summed E-state index contributed by atoms with van der Waals surface area (Å²) in [6.45, 7) is 6.33. The molecule has 0 aromatic heterocycles. The van der Waals surface area contributed by atoms with E-state index in [4.69, 9.17) is 0 Å². The lowest BCUT2D eigenvalue weighted by molar-refractivity contribution is -0.142. The van der Waals surface area contributed by atoms with Gasteiger partial charge in [-0.05, 0) is 23.0 Å². The smallest absolute Gasteiger partial charge is 0.326 e. The van der Waals surface area contributed by atoms with E-state index in [1.807, 2.05) is 24.3 Å². The third-order valence-corrected chi connectivity index (χ3v) is 4.19. The van der Waals surface area contributed by atoms with Gasteiger partial charge in [0.05, 0.1) is 0 Å². The van der Waals surface area contributed by atoms with Gasteiger partial charge in [-0.2, -0.15) is 0 Å². The molecule has 1 aromatic carbocycles. The van der Waals surface area contributed by atoms with Gasteiger partial charge < -0.3 is 15.7 Å². The van der Waals surface area contributed by atoms with Gasteiger partial charge in [0.15, 0.2) is 0 Å². The van der Waals surface area contributed by atoms with E-state index in [0.717, 1.165) is 11.1 Å². The second-order valence-corrected chi connectivity index (χ2v) is 7.21. The van der Waals surface area contributed by atoms with Crippen molar-refractivity contribution < 1.29 is 19.5 Å². The molecule has 2 amide bonds. The summed E-state index contributed by atoms with van der Waals surface area (Å²) < 4.78 is 0. The molecule has 6 heteroatoms. The van der Waals surface area contributed by atoms with E-state index in [9.17, 15) is 19.5 Å². The van der Waals surface area contributed by atoms with Gasteiger partial charge in [0.2, 0.25) is 11.8 Å². The fourth-order valence-corrected chi connectivity index (χ4v) is 2.66. The van der Waals surface area contributed by atoms with Crippen LogP contribution in [0.25, 0.3) is 0 Å². The maximum absolute atomic E-state index is 12.1. The second kappa shape index (κ2) is 7.03. The summed E-state index contributed by atoms with van der Waals surface area (Å²) in [6.07, 6.45) is 0.896. The van der Waals surface area contributed by atoms with Crippen molar-refractivity contribution in [2.24, 2.45) is 0 Å². The third-order valence-electron chi connectivity index (χ3n) is 4.19. The molecule has 1 heterocycles. The van der Waals surface area contributed by atoms with Gasteiger partial charge in [-0.25, -0.2) is 4.79 Å². The minimum atomic E-state index is -1.09. The first-order chi connectivity index (χ1) is 11.2. The molecule has 0 spiro atoms.